The van der Waals surface area contributed by atoms with Crippen LogP contribution in [0.4, 0.5) is 11.4 Å². The second-order valence-electron chi connectivity index (χ2n) is 12.9. The molecule has 4 rings (SSSR count). The first-order valence-electron chi connectivity index (χ1n) is 16.4. The number of rotatable bonds is 14. The standard InChI is InChI=1S/C38H45ClN2O9/c1-8-48-34(44)17-13-25-18-27(15-12-23(25)2)40-33(43)20-32-37(45)41(21-38(4,5)22-49-24(3)42)30-16-14-26(39)19-29(30)35(50-32)28-10-9-11-31(46-6)36(28)47-7/h9-12,14-16,18-19,32,35H,8,13,17,20-22H2,1-7H3,(H,40,43)/t32-,35-/m1/s1. The minimum atomic E-state index is -1.25. The molecule has 0 spiro atoms. The molecule has 0 fully saturated rings. The van der Waals surface area contributed by atoms with Gasteiger partial charge in [0, 0.05) is 52.8 Å². The molecule has 0 aliphatic carbocycles. The molecule has 12 heteroatoms. The smallest absolute Gasteiger partial charge is 0.306 e. The summed E-state index contributed by atoms with van der Waals surface area (Å²) in [5.74, 6) is -0.781. The van der Waals surface area contributed by atoms with E-state index in [2.05, 4.69) is 5.32 Å². The van der Waals surface area contributed by atoms with Crippen LogP contribution >= 0.6 is 11.6 Å². The predicted octanol–water partition coefficient (Wildman–Crippen LogP) is 6.60. The average molecular weight is 709 g/mol. The fraction of sp³-hybridized carbons (Fsp3) is 0.421. The van der Waals surface area contributed by atoms with Crippen LogP contribution < -0.4 is 19.7 Å². The summed E-state index contributed by atoms with van der Waals surface area (Å²) in [6, 6.07) is 15.9. The van der Waals surface area contributed by atoms with E-state index in [0.717, 1.165) is 11.1 Å². The first-order valence-corrected chi connectivity index (χ1v) is 16.8. The molecule has 0 radical (unpaired) electrons. The van der Waals surface area contributed by atoms with Crippen LogP contribution in [0.2, 0.25) is 5.02 Å². The van der Waals surface area contributed by atoms with E-state index in [0.29, 0.717) is 52.1 Å². The lowest BCUT2D eigenvalue weighted by molar-refractivity contribution is -0.144. The van der Waals surface area contributed by atoms with Gasteiger partial charge in [-0.1, -0.05) is 43.6 Å². The minimum absolute atomic E-state index is 0.0557. The predicted molar refractivity (Wildman–Crippen MR) is 190 cm³/mol. The molecule has 0 unspecified atom stereocenters. The number of carbonyl (C=O) groups excluding carboxylic acids is 4. The molecule has 0 saturated heterocycles. The number of carbonyl (C=O) groups is 4. The van der Waals surface area contributed by atoms with Gasteiger partial charge in [-0.25, -0.2) is 0 Å². The van der Waals surface area contributed by atoms with Gasteiger partial charge in [-0.15, -0.1) is 0 Å². The molecule has 2 amide bonds. The lowest BCUT2D eigenvalue weighted by Gasteiger charge is -2.33. The Hall–Kier alpha value is -4.61. The number of hydrogen-bond acceptors (Lipinski definition) is 9. The summed E-state index contributed by atoms with van der Waals surface area (Å²) in [6.45, 7) is 9.28. The van der Waals surface area contributed by atoms with Crippen molar-refractivity contribution >= 4 is 46.7 Å². The van der Waals surface area contributed by atoms with Crippen LogP contribution in [0, 0.1) is 12.3 Å². The fourth-order valence-electron chi connectivity index (χ4n) is 5.87. The van der Waals surface area contributed by atoms with E-state index < -0.39 is 35.4 Å². The summed E-state index contributed by atoms with van der Waals surface area (Å²) in [6.07, 6.45) is -1.82. The number of amides is 2. The quantitative estimate of drug-likeness (QED) is 0.184. The van der Waals surface area contributed by atoms with Gasteiger partial charge in [0.2, 0.25) is 5.91 Å². The molecular formula is C38H45ClN2O9. The minimum Gasteiger partial charge on any atom is -0.493 e. The highest BCUT2D eigenvalue weighted by molar-refractivity contribution is 6.30. The van der Waals surface area contributed by atoms with Crippen LogP contribution in [-0.2, 0) is 39.8 Å². The zero-order chi connectivity index (χ0) is 36.6. The molecule has 3 aromatic rings. The average Bonchev–Trinajstić information content (AvgIpc) is 3.17. The summed E-state index contributed by atoms with van der Waals surface area (Å²) < 4.78 is 28.4. The van der Waals surface area contributed by atoms with E-state index in [4.69, 9.17) is 35.3 Å². The van der Waals surface area contributed by atoms with Crippen LogP contribution in [0.3, 0.4) is 0 Å². The highest BCUT2D eigenvalue weighted by atomic mass is 35.5. The molecule has 11 nitrogen and oxygen atoms in total. The van der Waals surface area contributed by atoms with Gasteiger partial charge in [0.25, 0.3) is 5.91 Å². The van der Waals surface area contributed by atoms with Crippen LogP contribution in [0.1, 0.15) is 68.9 Å². The molecule has 268 valence electrons. The number of halogens is 1. The van der Waals surface area contributed by atoms with Crippen molar-refractivity contribution in [1.29, 1.82) is 0 Å². The lowest BCUT2D eigenvalue weighted by atomic mass is 9.92. The third-order valence-corrected chi connectivity index (χ3v) is 8.52. The number of para-hydroxylation sites is 1. The molecule has 3 aromatic carbocycles. The van der Waals surface area contributed by atoms with Crippen LogP contribution in [0.15, 0.2) is 54.6 Å². The summed E-state index contributed by atoms with van der Waals surface area (Å²) >= 11 is 6.54. The van der Waals surface area contributed by atoms with E-state index in [9.17, 15) is 19.2 Å². The summed E-state index contributed by atoms with van der Waals surface area (Å²) in [5.41, 5.74) is 3.36. The Morgan fingerprint density at radius 1 is 1.00 bits per heavy atom. The molecule has 0 aromatic heterocycles. The number of aryl methyl sites for hydroxylation is 2. The number of anilines is 2. The third kappa shape index (κ3) is 9.54. The summed E-state index contributed by atoms with van der Waals surface area (Å²) in [4.78, 5) is 53.4. The van der Waals surface area contributed by atoms with Gasteiger partial charge < -0.3 is 33.9 Å². The SMILES string of the molecule is CCOC(=O)CCc1cc(NC(=O)C[C@H]2O[C@H](c3cccc(OC)c3OC)c3cc(Cl)ccc3N(CC(C)(C)COC(C)=O)C2=O)ccc1C. The molecule has 0 saturated carbocycles. The van der Waals surface area contributed by atoms with Gasteiger partial charge in [-0.05, 0) is 67.8 Å². The van der Waals surface area contributed by atoms with E-state index >= 15 is 0 Å². The van der Waals surface area contributed by atoms with Gasteiger partial charge in [-0.3, -0.25) is 19.2 Å². The Balaban J connectivity index is 1.73. The van der Waals surface area contributed by atoms with Crippen molar-refractivity contribution in [3.63, 3.8) is 0 Å². The maximum atomic E-state index is 14.5. The van der Waals surface area contributed by atoms with Crippen molar-refractivity contribution in [2.75, 3.05) is 44.2 Å². The molecule has 2 atom stereocenters. The maximum Gasteiger partial charge on any atom is 0.306 e. The summed E-state index contributed by atoms with van der Waals surface area (Å²) in [7, 11) is 3.04. The number of nitrogens with zero attached hydrogens (tertiary/aromatic N) is 1. The highest BCUT2D eigenvalue weighted by Crippen LogP contribution is 2.45. The second-order valence-corrected chi connectivity index (χ2v) is 13.3. The molecular weight excluding hydrogens is 664 g/mol. The van der Waals surface area contributed by atoms with Crippen LogP contribution in [-0.4, -0.2) is 63.8 Å². The Morgan fingerprint density at radius 3 is 2.44 bits per heavy atom. The monoisotopic (exact) mass is 708 g/mol. The van der Waals surface area contributed by atoms with E-state index in [1.54, 1.807) is 48.2 Å². The Kier molecular flexibility index (Phi) is 12.9. The molecule has 1 aliphatic heterocycles. The van der Waals surface area contributed by atoms with Crippen LogP contribution in [0.5, 0.6) is 11.5 Å². The Morgan fingerprint density at radius 2 is 1.76 bits per heavy atom. The number of esters is 2. The largest absolute Gasteiger partial charge is 0.493 e. The topological polar surface area (TPSA) is 130 Å². The van der Waals surface area contributed by atoms with Gasteiger partial charge in [0.15, 0.2) is 11.5 Å². The number of fused-ring (bicyclic) bond motifs is 1. The second kappa shape index (κ2) is 16.9. The van der Waals surface area contributed by atoms with Crippen molar-refractivity contribution in [1.82, 2.24) is 0 Å². The molecule has 1 N–H and O–H groups in total. The fourth-order valence-corrected chi connectivity index (χ4v) is 6.05. The number of hydrogen-bond donors (Lipinski definition) is 1. The lowest BCUT2D eigenvalue weighted by Crippen LogP contribution is -2.46. The Bertz CT molecular complexity index is 1720. The first-order chi connectivity index (χ1) is 23.8. The van der Waals surface area contributed by atoms with E-state index in [1.165, 1.54) is 21.1 Å². The van der Waals surface area contributed by atoms with Crippen molar-refractivity contribution in [2.45, 2.75) is 66.1 Å². The molecule has 50 heavy (non-hydrogen) atoms. The van der Waals surface area contributed by atoms with Gasteiger partial charge in [-0.2, -0.15) is 0 Å². The van der Waals surface area contributed by atoms with E-state index in [-0.39, 0.29) is 32.0 Å². The third-order valence-electron chi connectivity index (χ3n) is 8.28. The van der Waals surface area contributed by atoms with Crippen molar-refractivity contribution in [3.8, 4) is 11.5 Å². The number of methoxy groups -OCH3 is 2. The summed E-state index contributed by atoms with van der Waals surface area (Å²) in [5, 5.41) is 3.32. The molecule has 0 bridgehead atoms. The normalized spacial score (nSPS) is 15.8. The van der Waals surface area contributed by atoms with Gasteiger partial charge in [0.05, 0.1) is 33.9 Å². The van der Waals surface area contributed by atoms with Crippen molar-refractivity contribution in [3.05, 3.63) is 81.9 Å². The number of nitrogens with one attached hydrogen (secondary N) is 1. The van der Waals surface area contributed by atoms with Gasteiger partial charge >= 0.3 is 11.9 Å². The van der Waals surface area contributed by atoms with Crippen LogP contribution in [0.25, 0.3) is 0 Å². The van der Waals surface area contributed by atoms with E-state index in [1.807, 2.05) is 39.0 Å². The van der Waals surface area contributed by atoms with Gasteiger partial charge in [0.1, 0.15) is 12.2 Å². The zero-order valence-corrected chi connectivity index (χ0v) is 30.3. The number of ether oxygens (including phenoxy) is 5. The zero-order valence-electron chi connectivity index (χ0n) is 29.6. The first kappa shape index (κ1) is 38.2. The molecule has 1 heterocycles. The number of benzene rings is 3. The van der Waals surface area contributed by atoms with Crippen molar-refractivity contribution < 1.29 is 42.9 Å². The van der Waals surface area contributed by atoms with Crippen molar-refractivity contribution in [2.24, 2.45) is 5.41 Å². The Labute approximate surface area is 298 Å². The highest BCUT2D eigenvalue weighted by Gasteiger charge is 2.41. The maximum absolute atomic E-state index is 14.5. The molecule has 1 aliphatic rings.